The number of hydrogen-bond acceptors (Lipinski definition) is 3. The van der Waals surface area contributed by atoms with Gasteiger partial charge in [0.15, 0.2) is 5.78 Å². The summed E-state index contributed by atoms with van der Waals surface area (Å²) < 4.78 is 6.20. The summed E-state index contributed by atoms with van der Waals surface area (Å²) in [6, 6.07) is 13.6. The Bertz CT molecular complexity index is 655. The second kappa shape index (κ2) is 6.76. The van der Waals surface area contributed by atoms with E-state index in [-0.39, 0.29) is 5.78 Å². The van der Waals surface area contributed by atoms with Crippen molar-refractivity contribution < 1.29 is 9.53 Å². The number of rotatable bonds is 5. The number of carbonyl (C=O) groups is 1. The van der Waals surface area contributed by atoms with Gasteiger partial charge in [-0.15, -0.1) is 0 Å². The third kappa shape index (κ3) is 3.85. The van der Waals surface area contributed by atoms with E-state index in [2.05, 4.69) is 20.8 Å². The first-order chi connectivity index (χ1) is 10.0. The van der Waals surface area contributed by atoms with Crippen LogP contribution in [0.15, 0.2) is 46.9 Å². The third-order valence-corrected chi connectivity index (χ3v) is 3.80. The molecule has 2 aromatic carbocycles. The van der Waals surface area contributed by atoms with Crippen LogP contribution in [0.25, 0.3) is 0 Å². The zero-order chi connectivity index (χ0) is 15.4. The first-order valence-electron chi connectivity index (χ1n) is 6.66. The van der Waals surface area contributed by atoms with Crippen LogP contribution in [0.5, 0.6) is 5.75 Å². The van der Waals surface area contributed by atoms with Gasteiger partial charge in [-0.3, -0.25) is 4.79 Å². The third-order valence-electron chi connectivity index (χ3n) is 3.30. The lowest BCUT2D eigenvalue weighted by Crippen LogP contribution is -2.19. The Hall–Kier alpha value is -1.81. The van der Waals surface area contributed by atoms with Crippen LogP contribution in [-0.2, 0) is 6.54 Å². The number of methoxy groups -OCH3 is 1. The van der Waals surface area contributed by atoms with E-state index < -0.39 is 0 Å². The Balaban J connectivity index is 2.29. The first kappa shape index (κ1) is 15.6. The fourth-order valence-corrected chi connectivity index (χ4v) is 2.60. The summed E-state index contributed by atoms with van der Waals surface area (Å²) in [5, 5.41) is 0. The van der Waals surface area contributed by atoms with E-state index in [4.69, 9.17) is 4.74 Å². The van der Waals surface area contributed by atoms with Crippen molar-refractivity contribution in [2.45, 2.75) is 13.5 Å². The maximum absolute atomic E-state index is 11.8. The Morgan fingerprint density at radius 2 is 2.00 bits per heavy atom. The fraction of sp³-hybridized carbons (Fsp3) is 0.235. The van der Waals surface area contributed by atoms with Gasteiger partial charge >= 0.3 is 0 Å². The number of ether oxygens (including phenoxy) is 1. The van der Waals surface area contributed by atoms with Crippen molar-refractivity contribution in [3.8, 4) is 5.75 Å². The molecular formula is C17H18BrNO2. The van der Waals surface area contributed by atoms with Gasteiger partial charge in [0.25, 0.3) is 0 Å². The number of carbonyl (C=O) groups excluding carboxylic acids is 1. The van der Waals surface area contributed by atoms with Crippen molar-refractivity contribution in [3.63, 3.8) is 0 Å². The number of benzene rings is 2. The summed E-state index contributed by atoms with van der Waals surface area (Å²) in [6.07, 6.45) is 0. The number of hydrogen-bond donors (Lipinski definition) is 0. The van der Waals surface area contributed by atoms with Crippen LogP contribution in [0.3, 0.4) is 0 Å². The van der Waals surface area contributed by atoms with Crippen molar-refractivity contribution in [2.24, 2.45) is 0 Å². The molecule has 0 bridgehead atoms. The van der Waals surface area contributed by atoms with E-state index in [1.54, 1.807) is 14.0 Å². The van der Waals surface area contributed by atoms with Crippen molar-refractivity contribution in [3.05, 3.63) is 58.1 Å². The summed E-state index contributed by atoms with van der Waals surface area (Å²) >= 11 is 3.46. The van der Waals surface area contributed by atoms with Gasteiger partial charge in [0.05, 0.1) is 7.11 Å². The average molecular weight is 348 g/mol. The topological polar surface area (TPSA) is 29.5 Å². The molecule has 110 valence electrons. The van der Waals surface area contributed by atoms with E-state index in [0.29, 0.717) is 6.54 Å². The summed E-state index contributed by atoms with van der Waals surface area (Å²) in [7, 11) is 3.64. The number of nitrogens with zero attached hydrogens (tertiary/aromatic N) is 1. The maximum atomic E-state index is 11.8. The van der Waals surface area contributed by atoms with Gasteiger partial charge in [0.1, 0.15) is 5.75 Å². The van der Waals surface area contributed by atoms with Crippen LogP contribution < -0.4 is 9.64 Å². The molecule has 0 aromatic heterocycles. The van der Waals surface area contributed by atoms with E-state index in [9.17, 15) is 4.79 Å². The molecule has 0 atom stereocenters. The molecule has 21 heavy (non-hydrogen) atoms. The highest BCUT2D eigenvalue weighted by Gasteiger charge is 2.12. The zero-order valence-corrected chi connectivity index (χ0v) is 14.0. The molecule has 4 heteroatoms. The smallest absolute Gasteiger partial charge is 0.161 e. The minimum atomic E-state index is 0.0648. The fourth-order valence-electron chi connectivity index (χ4n) is 2.25. The normalized spacial score (nSPS) is 10.3. The van der Waals surface area contributed by atoms with Crippen LogP contribution in [-0.4, -0.2) is 19.9 Å². The van der Waals surface area contributed by atoms with Crippen LogP contribution in [0.4, 0.5) is 5.69 Å². The molecule has 2 rings (SSSR count). The SMILES string of the molecule is COc1cccc(CN(C)c2cc(Br)ccc2C(C)=O)c1. The highest BCUT2D eigenvalue weighted by atomic mass is 79.9. The van der Waals surface area contributed by atoms with Crippen molar-refractivity contribution in [1.29, 1.82) is 0 Å². The van der Waals surface area contributed by atoms with Crippen molar-refractivity contribution in [2.75, 3.05) is 19.1 Å². The Morgan fingerprint density at radius 3 is 2.67 bits per heavy atom. The van der Waals surface area contributed by atoms with Gasteiger partial charge in [-0.2, -0.15) is 0 Å². The molecule has 0 unspecified atom stereocenters. The molecule has 2 aromatic rings. The number of ketones is 1. The van der Waals surface area contributed by atoms with Gasteiger partial charge in [-0.25, -0.2) is 0 Å². The molecule has 0 radical (unpaired) electrons. The number of halogens is 1. The highest BCUT2D eigenvalue weighted by Crippen LogP contribution is 2.26. The molecule has 0 saturated heterocycles. The average Bonchev–Trinajstić information content (AvgIpc) is 2.47. The standard InChI is InChI=1S/C17H18BrNO2/c1-12(20)16-8-7-14(18)10-17(16)19(2)11-13-5-4-6-15(9-13)21-3/h4-10H,11H2,1-3H3. The molecular weight excluding hydrogens is 330 g/mol. The van der Waals surface area contributed by atoms with Gasteiger partial charge in [-0.05, 0) is 42.8 Å². The number of anilines is 1. The second-order valence-electron chi connectivity index (χ2n) is 4.93. The Labute approximate surface area is 133 Å². The molecule has 0 heterocycles. The predicted molar refractivity (Wildman–Crippen MR) is 89.2 cm³/mol. The Kier molecular flexibility index (Phi) is 5.02. The molecule has 0 aliphatic rings. The predicted octanol–water partition coefficient (Wildman–Crippen LogP) is 4.30. The largest absolute Gasteiger partial charge is 0.497 e. The lowest BCUT2D eigenvalue weighted by molar-refractivity contribution is 0.101. The first-order valence-corrected chi connectivity index (χ1v) is 7.45. The summed E-state index contributed by atoms with van der Waals surface area (Å²) in [5.74, 6) is 0.900. The van der Waals surface area contributed by atoms with Crippen LogP contribution >= 0.6 is 15.9 Å². The van der Waals surface area contributed by atoms with Crippen molar-refractivity contribution in [1.82, 2.24) is 0 Å². The molecule has 0 fully saturated rings. The minimum absolute atomic E-state index is 0.0648. The number of Topliss-reactive ketones (excluding diaryl/α,β-unsaturated/α-hetero) is 1. The minimum Gasteiger partial charge on any atom is -0.497 e. The zero-order valence-electron chi connectivity index (χ0n) is 12.4. The Morgan fingerprint density at radius 1 is 1.24 bits per heavy atom. The lowest BCUT2D eigenvalue weighted by atomic mass is 10.1. The van der Waals surface area contributed by atoms with Gasteiger partial charge < -0.3 is 9.64 Å². The summed E-state index contributed by atoms with van der Waals surface area (Å²) in [6.45, 7) is 2.29. The quantitative estimate of drug-likeness (QED) is 0.755. The van der Waals surface area contributed by atoms with Crippen LogP contribution in [0.2, 0.25) is 0 Å². The van der Waals surface area contributed by atoms with Crippen LogP contribution in [0, 0.1) is 0 Å². The van der Waals surface area contributed by atoms with Gasteiger partial charge in [-0.1, -0.05) is 28.1 Å². The molecule has 0 spiro atoms. The van der Waals surface area contributed by atoms with Gasteiger partial charge in [0, 0.05) is 29.3 Å². The van der Waals surface area contributed by atoms with Crippen molar-refractivity contribution >= 4 is 27.4 Å². The molecule has 0 saturated carbocycles. The molecule has 3 nitrogen and oxygen atoms in total. The molecule has 0 aliphatic heterocycles. The van der Waals surface area contributed by atoms with Gasteiger partial charge in [0.2, 0.25) is 0 Å². The second-order valence-corrected chi connectivity index (χ2v) is 5.84. The van der Waals surface area contributed by atoms with E-state index >= 15 is 0 Å². The van der Waals surface area contributed by atoms with Crippen LogP contribution in [0.1, 0.15) is 22.8 Å². The highest BCUT2D eigenvalue weighted by molar-refractivity contribution is 9.10. The van der Waals surface area contributed by atoms with E-state index in [0.717, 1.165) is 27.0 Å². The monoisotopic (exact) mass is 347 g/mol. The summed E-state index contributed by atoms with van der Waals surface area (Å²) in [4.78, 5) is 13.8. The molecule has 0 N–H and O–H groups in total. The molecule has 0 aliphatic carbocycles. The van der Waals surface area contributed by atoms with E-state index in [1.807, 2.05) is 49.5 Å². The summed E-state index contributed by atoms with van der Waals surface area (Å²) in [5.41, 5.74) is 2.77. The lowest BCUT2D eigenvalue weighted by Gasteiger charge is -2.22. The molecule has 0 amide bonds. The van der Waals surface area contributed by atoms with E-state index in [1.165, 1.54) is 0 Å². The maximum Gasteiger partial charge on any atom is 0.161 e.